The monoisotopic (exact) mass is 494 g/mol. The van der Waals surface area contributed by atoms with Gasteiger partial charge in [0.2, 0.25) is 0 Å². The van der Waals surface area contributed by atoms with E-state index in [1.54, 1.807) is 6.07 Å². The Hall–Kier alpha value is -2.18. The Morgan fingerprint density at radius 2 is 1.79 bits per heavy atom. The van der Waals surface area contributed by atoms with Gasteiger partial charge >= 0.3 is 0 Å². The van der Waals surface area contributed by atoms with E-state index in [-0.39, 0.29) is 23.5 Å². The first-order valence-electron chi connectivity index (χ1n) is 12.0. The number of anilines is 1. The van der Waals surface area contributed by atoms with Crippen LogP contribution in [-0.2, 0) is 6.42 Å². The zero-order valence-corrected chi connectivity index (χ0v) is 20.7. The number of aliphatic hydroxyl groups excluding tert-OH is 1. The van der Waals surface area contributed by atoms with Crippen molar-refractivity contribution in [1.82, 2.24) is 9.97 Å². The summed E-state index contributed by atoms with van der Waals surface area (Å²) in [4.78, 5) is 12.4. The minimum absolute atomic E-state index is 0.00805. The van der Waals surface area contributed by atoms with Gasteiger partial charge in [0.25, 0.3) is 0 Å². The van der Waals surface area contributed by atoms with Crippen LogP contribution in [0.15, 0.2) is 42.5 Å². The summed E-state index contributed by atoms with van der Waals surface area (Å²) < 4.78 is 0. The molecule has 0 amide bonds. The third kappa shape index (κ3) is 3.53. The molecule has 176 valence electrons. The van der Waals surface area contributed by atoms with Gasteiger partial charge in [0.05, 0.1) is 33.2 Å². The number of piperidine rings is 1. The quantitative estimate of drug-likeness (QED) is 0.506. The lowest BCUT2D eigenvalue weighted by Crippen LogP contribution is -2.45. The lowest BCUT2D eigenvalue weighted by Gasteiger charge is -2.43. The average molecular weight is 495 g/mol. The van der Waals surface area contributed by atoms with Gasteiger partial charge in [0.15, 0.2) is 5.82 Å². The Labute approximate surface area is 209 Å². The summed E-state index contributed by atoms with van der Waals surface area (Å²) in [6.45, 7) is 3.72. The highest BCUT2D eigenvalue weighted by Crippen LogP contribution is 2.52. The number of hydrogen-bond acceptors (Lipinski definition) is 5. The highest BCUT2D eigenvalue weighted by Gasteiger charge is 2.47. The van der Waals surface area contributed by atoms with Crippen LogP contribution in [0.1, 0.15) is 53.7 Å². The van der Waals surface area contributed by atoms with Crippen molar-refractivity contribution < 1.29 is 5.11 Å². The predicted molar refractivity (Wildman–Crippen MR) is 137 cm³/mol. The first kappa shape index (κ1) is 22.3. The molecule has 2 aliphatic carbocycles. The lowest BCUT2D eigenvalue weighted by molar-refractivity contribution is 0.187. The van der Waals surface area contributed by atoms with Crippen LogP contribution < -0.4 is 10.6 Å². The van der Waals surface area contributed by atoms with Gasteiger partial charge in [-0.05, 0) is 55.2 Å². The number of benzene rings is 2. The van der Waals surface area contributed by atoms with E-state index in [2.05, 4.69) is 29.2 Å². The normalized spacial score (nSPS) is 25.0. The summed E-state index contributed by atoms with van der Waals surface area (Å²) in [5.74, 6) is 0.897. The fraction of sp³-hybridized carbons (Fsp3) is 0.407. The molecule has 3 atom stereocenters. The molecule has 0 radical (unpaired) electrons. The molecule has 1 aromatic heterocycles. The number of fused-ring (bicyclic) bond motifs is 1. The first-order valence-corrected chi connectivity index (χ1v) is 12.7. The van der Waals surface area contributed by atoms with Gasteiger partial charge in [-0.3, -0.25) is 0 Å². The van der Waals surface area contributed by atoms with Gasteiger partial charge in [0, 0.05) is 30.6 Å². The molecule has 3 aromatic rings. The number of aromatic nitrogens is 2. The maximum atomic E-state index is 10.3. The van der Waals surface area contributed by atoms with Crippen LogP contribution in [0, 0.1) is 12.3 Å². The molecule has 6 rings (SSSR count). The summed E-state index contributed by atoms with van der Waals surface area (Å²) in [5.41, 5.74) is 12.8. The second-order valence-electron chi connectivity index (χ2n) is 10.1. The standard InChI is InChI=1S/C27H28Cl2N4O/c1-15-23(18-7-4-8-20(28)22(18)29)32-24(19-13-21(19)34)26(31-15)33-11-9-27(10-12-33)14-16-5-2-3-6-17(16)25(27)30/h2-8,19,21,25,34H,9-14,30H2,1H3/t19?,21?,25-/m1/s1. The molecule has 0 bridgehead atoms. The smallest absolute Gasteiger partial charge is 0.151 e. The van der Waals surface area contributed by atoms with Crippen molar-refractivity contribution in [3.63, 3.8) is 0 Å². The number of hydrogen-bond donors (Lipinski definition) is 2. The maximum absolute atomic E-state index is 10.3. The number of rotatable bonds is 3. The van der Waals surface area contributed by atoms with Gasteiger partial charge < -0.3 is 15.7 Å². The Morgan fingerprint density at radius 1 is 1.06 bits per heavy atom. The average Bonchev–Trinajstić information content (AvgIpc) is 3.50. The second-order valence-corrected chi connectivity index (χ2v) is 10.9. The van der Waals surface area contributed by atoms with E-state index in [0.29, 0.717) is 16.5 Å². The zero-order valence-electron chi connectivity index (χ0n) is 19.1. The van der Waals surface area contributed by atoms with Gasteiger partial charge in [-0.15, -0.1) is 0 Å². The van der Waals surface area contributed by atoms with Gasteiger partial charge in [-0.25, -0.2) is 9.97 Å². The predicted octanol–water partition coefficient (Wildman–Crippen LogP) is 5.45. The summed E-state index contributed by atoms with van der Waals surface area (Å²) in [7, 11) is 0. The minimum Gasteiger partial charge on any atom is -0.392 e. The summed E-state index contributed by atoms with van der Waals surface area (Å²) >= 11 is 12.8. The van der Waals surface area contributed by atoms with Crippen LogP contribution in [0.3, 0.4) is 0 Å². The fourth-order valence-electron chi connectivity index (χ4n) is 5.89. The minimum atomic E-state index is -0.368. The van der Waals surface area contributed by atoms with E-state index in [4.69, 9.17) is 38.9 Å². The van der Waals surface area contributed by atoms with Gasteiger partial charge in [0.1, 0.15) is 0 Å². The van der Waals surface area contributed by atoms with Crippen molar-refractivity contribution in [3.8, 4) is 11.3 Å². The molecule has 2 fully saturated rings. The number of aliphatic hydroxyl groups is 1. The second kappa shape index (κ2) is 8.20. The van der Waals surface area contributed by atoms with E-state index >= 15 is 0 Å². The number of nitrogens with zero attached hydrogens (tertiary/aromatic N) is 3. The van der Waals surface area contributed by atoms with Crippen molar-refractivity contribution in [1.29, 1.82) is 0 Å². The van der Waals surface area contributed by atoms with Crippen molar-refractivity contribution >= 4 is 29.0 Å². The van der Waals surface area contributed by atoms with Crippen LogP contribution in [0.4, 0.5) is 5.82 Å². The van der Waals surface area contributed by atoms with Crippen LogP contribution in [0.25, 0.3) is 11.3 Å². The molecule has 1 aliphatic heterocycles. The molecular formula is C27H28Cl2N4O. The Kier molecular flexibility index (Phi) is 5.38. The first-order chi connectivity index (χ1) is 16.4. The van der Waals surface area contributed by atoms with Crippen molar-refractivity contribution in [2.45, 2.75) is 50.7 Å². The van der Waals surface area contributed by atoms with E-state index in [9.17, 15) is 5.11 Å². The zero-order chi connectivity index (χ0) is 23.6. The third-order valence-electron chi connectivity index (χ3n) is 8.04. The molecule has 1 saturated carbocycles. The molecule has 34 heavy (non-hydrogen) atoms. The topological polar surface area (TPSA) is 75.3 Å². The molecule has 3 N–H and O–H groups in total. The highest BCUT2D eigenvalue weighted by atomic mass is 35.5. The molecule has 3 aliphatic rings. The Bertz CT molecular complexity index is 1270. The third-order valence-corrected chi connectivity index (χ3v) is 8.86. The lowest BCUT2D eigenvalue weighted by atomic mass is 9.73. The summed E-state index contributed by atoms with van der Waals surface area (Å²) in [6, 6.07) is 14.2. The van der Waals surface area contributed by atoms with Gasteiger partial charge in [-0.1, -0.05) is 59.6 Å². The molecule has 1 spiro atoms. The van der Waals surface area contributed by atoms with Crippen molar-refractivity contribution in [2.75, 3.05) is 18.0 Å². The Morgan fingerprint density at radius 3 is 2.50 bits per heavy atom. The highest BCUT2D eigenvalue weighted by molar-refractivity contribution is 6.43. The van der Waals surface area contributed by atoms with Crippen LogP contribution >= 0.6 is 23.2 Å². The number of halogens is 2. The van der Waals surface area contributed by atoms with Crippen molar-refractivity contribution in [2.24, 2.45) is 11.1 Å². The van der Waals surface area contributed by atoms with Gasteiger partial charge in [-0.2, -0.15) is 0 Å². The largest absolute Gasteiger partial charge is 0.392 e. The maximum Gasteiger partial charge on any atom is 0.151 e. The van der Waals surface area contributed by atoms with E-state index < -0.39 is 0 Å². The van der Waals surface area contributed by atoms with Crippen LogP contribution in [-0.4, -0.2) is 34.3 Å². The number of nitrogens with two attached hydrogens (primary N) is 1. The van der Waals surface area contributed by atoms with E-state index in [1.807, 2.05) is 19.1 Å². The van der Waals surface area contributed by atoms with Crippen LogP contribution in [0.5, 0.6) is 0 Å². The number of aryl methyl sites for hydroxylation is 1. The molecule has 5 nitrogen and oxygen atoms in total. The molecule has 1 saturated heterocycles. The van der Waals surface area contributed by atoms with Crippen molar-refractivity contribution in [3.05, 3.63) is 75.0 Å². The van der Waals surface area contributed by atoms with Crippen LogP contribution in [0.2, 0.25) is 10.0 Å². The molecular weight excluding hydrogens is 467 g/mol. The van der Waals surface area contributed by atoms with E-state index in [0.717, 1.165) is 60.8 Å². The summed E-state index contributed by atoms with van der Waals surface area (Å²) in [5, 5.41) is 11.3. The SMILES string of the molecule is Cc1nc(N2CCC3(CC2)Cc2ccccc2[C@H]3N)c(C2CC2O)nc1-c1cccc(Cl)c1Cl. The molecule has 2 aromatic carbocycles. The van der Waals surface area contributed by atoms with E-state index in [1.165, 1.54) is 11.1 Å². The molecule has 7 heteroatoms. The fourth-order valence-corrected chi connectivity index (χ4v) is 6.28. The summed E-state index contributed by atoms with van der Waals surface area (Å²) in [6.07, 6.45) is 3.41. The molecule has 2 unspecified atom stereocenters. The molecule has 2 heterocycles. The Balaban J connectivity index is 1.32.